The van der Waals surface area contributed by atoms with Gasteiger partial charge in [0.1, 0.15) is 18.5 Å². The van der Waals surface area contributed by atoms with Crippen LogP contribution in [-0.4, -0.2) is 15.5 Å². The van der Waals surface area contributed by atoms with Gasteiger partial charge in [0.05, 0.1) is 11.4 Å². The Morgan fingerprint density at radius 1 is 1.32 bits per heavy atom. The summed E-state index contributed by atoms with van der Waals surface area (Å²) in [5.74, 6) is -0.611. The summed E-state index contributed by atoms with van der Waals surface area (Å²) in [6, 6.07) is 8.11. The second-order valence-corrected chi connectivity index (χ2v) is 3.67. The van der Waals surface area contributed by atoms with Crippen molar-refractivity contribution in [3.8, 4) is 17.8 Å². The molecule has 1 aromatic heterocycles. The van der Waals surface area contributed by atoms with Crippen molar-refractivity contribution in [2.45, 2.75) is 0 Å². The molecule has 19 heavy (non-hydrogen) atoms. The standard InChI is InChI=1S/C12H8N6O/c13-4-9-11(5-14)18(6-17-9)10-3-7(12(16)19)1-2-8(10)15/h1-3,6H,15H2,(H2,16,19). The fraction of sp³-hybridized carbons (Fsp3) is 0. The van der Waals surface area contributed by atoms with Gasteiger partial charge in [0.25, 0.3) is 0 Å². The third kappa shape index (κ3) is 1.96. The van der Waals surface area contributed by atoms with Crippen molar-refractivity contribution in [2.75, 3.05) is 5.73 Å². The molecule has 92 valence electrons. The largest absolute Gasteiger partial charge is 0.397 e. The Hall–Kier alpha value is -3.32. The highest BCUT2D eigenvalue weighted by molar-refractivity contribution is 5.94. The van der Waals surface area contributed by atoms with E-state index in [-0.39, 0.29) is 17.0 Å². The number of carbonyl (C=O) groups excluding carboxylic acids is 1. The zero-order valence-electron chi connectivity index (χ0n) is 9.66. The molecular weight excluding hydrogens is 244 g/mol. The number of hydrogen-bond donors (Lipinski definition) is 2. The van der Waals surface area contributed by atoms with Gasteiger partial charge in [-0.1, -0.05) is 0 Å². The fourth-order valence-corrected chi connectivity index (χ4v) is 1.63. The molecular formula is C12H8N6O. The number of benzene rings is 1. The average molecular weight is 252 g/mol. The van der Waals surface area contributed by atoms with Gasteiger partial charge in [0.15, 0.2) is 11.4 Å². The van der Waals surface area contributed by atoms with Crippen LogP contribution in [0.2, 0.25) is 0 Å². The quantitative estimate of drug-likeness (QED) is 0.741. The second-order valence-electron chi connectivity index (χ2n) is 3.67. The number of nitrogens with zero attached hydrogens (tertiary/aromatic N) is 4. The van der Waals surface area contributed by atoms with Crippen molar-refractivity contribution in [3.63, 3.8) is 0 Å². The first kappa shape index (κ1) is 12.1. The summed E-state index contributed by atoms with van der Waals surface area (Å²) in [5.41, 5.74) is 12.0. The Labute approximate surface area is 108 Å². The lowest BCUT2D eigenvalue weighted by Gasteiger charge is -2.08. The predicted octanol–water partition coefficient (Wildman–Crippen LogP) is 0.297. The summed E-state index contributed by atoms with van der Waals surface area (Å²) in [4.78, 5) is 15.0. The van der Waals surface area contributed by atoms with E-state index < -0.39 is 5.91 Å². The lowest BCUT2D eigenvalue weighted by molar-refractivity contribution is 0.100. The minimum Gasteiger partial charge on any atom is -0.397 e. The molecule has 0 radical (unpaired) electrons. The van der Waals surface area contributed by atoms with E-state index in [0.717, 1.165) is 0 Å². The van der Waals surface area contributed by atoms with Gasteiger partial charge in [-0.25, -0.2) is 4.98 Å². The van der Waals surface area contributed by atoms with E-state index in [1.807, 2.05) is 6.07 Å². The molecule has 0 aliphatic rings. The third-order valence-electron chi connectivity index (χ3n) is 2.55. The molecule has 0 fully saturated rings. The Balaban J connectivity index is 2.69. The summed E-state index contributed by atoms with van der Waals surface area (Å²) in [6.45, 7) is 0. The molecule has 1 aromatic carbocycles. The van der Waals surface area contributed by atoms with Crippen LogP contribution >= 0.6 is 0 Å². The van der Waals surface area contributed by atoms with Gasteiger partial charge in [-0.15, -0.1) is 0 Å². The maximum atomic E-state index is 11.2. The fourth-order valence-electron chi connectivity index (χ4n) is 1.63. The summed E-state index contributed by atoms with van der Waals surface area (Å²) < 4.78 is 1.35. The first-order valence-electron chi connectivity index (χ1n) is 5.15. The van der Waals surface area contributed by atoms with Crippen LogP contribution in [0.1, 0.15) is 21.7 Å². The second kappa shape index (κ2) is 4.51. The van der Waals surface area contributed by atoms with Crippen LogP contribution in [0.15, 0.2) is 24.5 Å². The van der Waals surface area contributed by atoms with Crippen LogP contribution in [-0.2, 0) is 0 Å². The molecule has 0 aliphatic heterocycles. The molecule has 4 N–H and O–H groups in total. The maximum absolute atomic E-state index is 11.2. The van der Waals surface area contributed by atoms with E-state index >= 15 is 0 Å². The highest BCUT2D eigenvalue weighted by atomic mass is 16.1. The molecule has 7 heteroatoms. The molecule has 2 aromatic rings. The first-order valence-corrected chi connectivity index (χ1v) is 5.15. The minimum atomic E-state index is -0.611. The highest BCUT2D eigenvalue weighted by Crippen LogP contribution is 2.21. The van der Waals surface area contributed by atoms with Gasteiger partial charge < -0.3 is 11.5 Å². The minimum absolute atomic E-state index is 0.00798. The number of nitriles is 2. The van der Waals surface area contributed by atoms with E-state index in [2.05, 4.69) is 4.98 Å². The van der Waals surface area contributed by atoms with Crippen LogP contribution in [0.25, 0.3) is 5.69 Å². The number of nitrogens with two attached hydrogens (primary N) is 2. The predicted molar refractivity (Wildman–Crippen MR) is 65.9 cm³/mol. The van der Waals surface area contributed by atoms with Crippen molar-refractivity contribution in [1.29, 1.82) is 10.5 Å². The summed E-state index contributed by atoms with van der Waals surface area (Å²) in [5, 5.41) is 17.9. The number of carbonyl (C=O) groups is 1. The number of aromatic nitrogens is 2. The van der Waals surface area contributed by atoms with E-state index in [4.69, 9.17) is 22.0 Å². The van der Waals surface area contributed by atoms with Gasteiger partial charge in [-0.2, -0.15) is 10.5 Å². The van der Waals surface area contributed by atoms with Gasteiger partial charge >= 0.3 is 0 Å². The van der Waals surface area contributed by atoms with Crippen LogP contribution in [0.3, 0.4) is 0 Å². The van der Waals surface area contributed by atoms with Gasteiger partial charge in [0.2, 0.25) is 5.91 Å². The van der Waals surface area contributed by atoms with Crippen molar-refractivity contribution >= 4 is 11.6 Å². The average Bonchev–Trinajstić information content (AvgIpc) is 2.81. The Bertz CT molecular complexity index is 747. The van der Waals surface area contributed by atoms with Crippen molar-refractivity contribution < 1.29 is 4.79 Å². The van der Waals surface area contributed by atoms with Crippen LogP contribution in [0.5, 0.6) is 0 Å². The zero-order chi connectivity index (χ0) is 14.0. The van der Waals surface area contributed by atoms with Gasteiger partial charge in [-0.3, -0.25) is 9.36 Å². The topological polar surface area (TPSA) is 135 Å². The molecule has 0 bridgehead atoms. The van der Waals surface area contributed by atoms with E-state index in [1.54, 1.807) is 6.07 Å². The molecule has 0 spiro atoms. The zero-order valence-corrected chi connectivity index (χ0v) is 9.66. The van der Waals surface area contributed by atoms with Crippen LogP contribution in [0.4, 0.5) is 5.69 Å². The summed E-state index contributed by atoms with van der Waals surface area (Å²) >= 11 is 0. The number of imidazole rings is 1. The maximum Gasteiger partial charge on any atom is 0.248 e. The lowest BCUT2D eigenvalue weighted by Crippen LogP contribution is -2.12. The molecule has 0 aliphatic carbocycles. The number of hydrogen-bond acceptors (Lipinski definition) is 5. The third-order valence-corrected chi connectivity index (χ3v) is 2.55. The SMILES string of the molecule is N#Cc1ncn(-c2cc(C(N)=O)ccc2N)c1C#N. The van der Waals surface area contributed by atoms with E-state index in [1.165, 1.54) is 29.1 Å². The monoisotopic (exact) mass is 252 g/mol. The molecule has 1 heterocycles. The normalized spacial score (nSPS) is 9.58. The van der Waals surface area contributed by atoms with Crippen LogP contribution in [0, 0.1) is 22.7 Å². The molecule has 7 nitrogen and oxygen atoms in total. The van der Waals surface area contributed by atoms with Gasteiger partial charge in [-0.05, 0) is 18.2 Å². The highest BCUT2D eigenvalue weighted by Gasteiger charge is 2.14. The van der Waals surface area contributed by atoms with E-state index in [0.29, 0.717) is 11.4 Å². The van der Waals surface area contributed by atoms with E-state index in [9.17, 15) is 4.79 Å². The van der Waals surface area contributed by atoms with Crippen molar-refractivity contribution in [2.24, 2.45) is 5.73 Å². The Kier molecular flexibility index (Phi) is 2.88. The number of primary amides is 1. The molecule has 0 saturated heterocycles. The van der Waals surface area contributed by atoms with Gasteiger partial charge in [0, 0.05) is 5.56 Å². The van der Waals surface area contributed by atoms with Crippen molar-refractivity contribution in [1.82, 2.24) is 9.55 Å². The molecule has 2 rings (SSSR count). The smallest absolute Gasteiger partial charge is 0.248 e. The number of rotatable bonds is 2. The first-order chi connectivity index (χ1) is 9.08. The number of amides is 1. The number of anilines is 1. The molecule has 0 saturated carbocycles. The van der Waals surface area contributed by atoms with Crippen LogP contribution < -0.4 is 11.5 Å². The molecule has 0 atom stereocenters. The Morgan fingerprint density at radius 3 is 2.63 bits per heavy atom. The summed E-state index contributed by atoms with van der Waals surface area (Å²) in [6.07, 6.45) is 1.30. The van der Waals surface area contributed by atoms with Crippen molar-refractivity contribution in [3.05, 3.63) is 41.5 Å². The number of nitrogen functional groups attached to an aromatic ring is 1. The summed E-state index contributed by atoms with van der Waals surface area (Å²) in [7, 11) is 0. The molecule has 1 amide bonds. The Morgan fingerprint density at radius 2 is 2.05 bits per heavy atom. The molecule has 0 unspecified atom stereocenters. The lowest BCUT2D eigenvalue weighted by atomic mass is 10.1.